The maximum Gasteiger partial charge on any atom is 0.406 e. The highest BCUT2D eigenvalue weighted by Crippen LogP contribution is 2.45. The Labute approximate surface area is 146 Å². The van der Waals surface area contributed by atoms with Gasteiger partial charge in [-0.3, -0.25) is 19.3 Å². The highest BCUT2D eigenvalue weighted by atomic mass is 19.4. The third-order valence-electron chi connectivity index (χ3n) is 4.91. The zero-order valence-electron chi connectivity index (χ0n) is 13.5. The van der Waals surface area contributed by atoms with E-state index >= 15 is 0 Å². The van der Waals surface area contributed by atoms with E-state index in [1.807, 2.05) is 0 Å². The lowest BCUT2D eigenvalue weighted by molar-refractivity contribution is -0.227. The van der Waals surface area contributed by atoms with Crippen molar-refractivity contribution in [3.8, 4) is 0 Å². The predicted octanol–water partition coefficient (Wildman–Crippen LogP) is 1.98. The SMILES string of the molecule is C=C1c2ccccc2C(=O)N1CC(=O)N1CCC(C(=O)O)(C(F)(F)F)C1. The molecule has 0 bridgehead atoms. The molecule has 1 N–H and O–H groups in total. The van der Waals surface area contributed by atoms with E-state index < -0.39 is 48.9 Å². The quantitative estimate of drug-likeness (QED) is 0.885. The van der Waals surface area contributed by atoms with Crippen molar-refractivity contribution in [1.29, 1.82) is 0 Å². The number of aliphatic carboxylic acids is 1. The number of carboxylic acids is 1. The molecule has 6 nitrogen and oxygen atoms in total. The van der Waals surface area contributed by atoms with Crippen LogP contribution in [-0.2, 0) is 9.59 Å². The number of hydrogen-bond donors (Lipinski definition) is 1. The van der Waals surface area contributed by atoms with Crippen LogP contribution in [0.15, 0.2) is 30.8 Å². The molecular weight excluding hydrogens is 353 g/mol. The molecule has 1 atom stereocenters. The number of alkyl halides is 3. The van der Waals surface area contributed by atoms with Crippen LogP contribution in [0.3, 0.4) is 0 Å². The second-order valence-electron chi connectivity index (χ2n) is 6.33. The number of hydrogen-bond acceptors (Lipinski definition) is 3. The van der Waals surface area contributed by atoms with Crippen molar-refractivity contribution in [3.63, 3.8) is 0 Å². The number of carbonyl (C=O) groups excluding carboxylic acids is 2. The third kappa shape index (κ3) is 2.54. The smallest absolute Gasteiger partial charge is 0.406 e. The first-order valence-corrected chi connectivity index (χ1v) is 7.76. The second-order valence-corrected chi connectivity index (χ2v) is 6.33. The summed E-state index contributed by atoms with van der Waals surface area (Å²) in [7, 11) is 0. The second kappa shape index (κ2) is 5.86. The Balaban J connectivity index is 1.76. The Bertz CT molecular complexity index is 785. The molecule has 1 fully saturated rings. The van der Waals surface area contributed by atoms with Gasteiger partial charge >= 0.3 is 12.1 Å². The van der Waals surface area contributed by atoms with Crippen LogP contribution in [0.2, 0.25) is 0 Å². The van der Waals surface area contributed by atoms with Gasteiger partial charge in [0.25, 0.3) is 5.91 Å². The van der Waals surface area contributed by atoms with Gasteiger partial charge in [-0.2, -0.15) is 13.2 Å². The topological polar surface area (TPSA) is 77.9 Å². The zero-order chi connectivity index (χ0) is 19.3. The van der Waals surface area contributed by atoms with Gasteiger partial charge in [0.05, 0.1) is 0 Å². The minimum atomic E-state index is -4.98. The van der Waals surface area contributed by atoms with Crippen LogP contribution >= 0.6 is 0 Å². The molecule has 0 saturated carbocycles. The summed E-state index contributed by atoms with van der Waals surface area (Å²) in [5.74, 6) is -3.22. The van der Waals surface area contributed by atoms with E-state index in [-0.39, 0.29) is 6.54 Å². The molecule has 2 aliphatic heterocycles. The zero-order valence-corrected chi connectivity index (χ0v) is 13.5. The van der Waals surface area contributed by atoms with Crippen LogP contribution in [0, 0.1) is 5.41 Å². The summed E-state index contributed by atoms with van der Waals surface area (Å²) in [6.07, 6.45) is -5.69. The number of amides is 2. The Kier molecular flexibility index (Phi) is 4.05. The fourth-order valence-corrected chi connectivity index (χ4v) is 3.29. The molecule has 0 aromatic heterocycles. The van der Waals surface area contributed by atoms with Gasteiger partial charge < -0.3 is 10.0 Å². The average Bonchev–Trinajstić information content (AvgIpc) is 3.13. The van der Waals surface area contributed by atoms with Gasteiger partial charge in [0, 0.05) is 29.9 Å². The summed E-state index contributed by atoms with van der Waals surface area (Å²) in [6, 6.07) is 6.59. The molecule has 3 rings (SSSR count). The molecule has 1 saturated heterocycles. The number of nitrogens with zero attached hydrogens (tertiary/aromatic N) is 2. The standard InChI is InChI=1S/C17H15F3N2O4/c1-10-11-4-2-3-5-12(11)14(24)22(10)8-13(23)21-7-6-16(9-21,15(25)26)17(18,19)20/h2-5H,1,6-9H2,(H,25,26). The van der Waals surface area contributed by atoms with Gasteiger partial charge in [0.2, 0.25) is 5.91 Å². The normalized spacial score (nSPS) is 22.7. The number of carboxylic acid groups (broad SMARTS) is 1. The van der Waals surface area contributed by atoms with E-state index in [4.69, 9.17) is 5.11 Å². The van der Waals surface area contributed by atoms with Crippen LogP contribution in [0.25, 0.3) is 5.70 Å². The fourth-order valence-electron chi connectivity index (χ4n) is 3.29. The van der Waals surface area contributed by atoms with Crippen molar-refractivity contribution in [2.75, 3.05) is 19.6 Å². The van der Waals surface area contributed by atoms with Crippen LogP contribution in [0.1, 0.15) is 22.3 Å². The van der Waals surface area contributed by atoms with Crippen LogP contribution in [-0.4, -0.2) is 58.5 Å². The van der Waals surface area contributed by atoms with Gasteiger partial charge in [-0.15, -0.1) is 0 Å². The molecule has 9 heteroatoms. The summed E-state index contributed by atoms with van der Waals surface area (Å²) in [6.45, 7) is 1.97. The fraction of sp³-hybridized carbons (Fsp3) is 0.353. The lowest BCUT2D eigenvalue weighted by Gasteiger charge is -2.28. The van der Waals surface area contributed by atoms with E-state index in [2.05, 4.69) is 6.58 Å². The first-order chi connectivity index (χ1) is 12.1. The van der Waals surface area contributed by atoms with Crippen molar-refractivity contribution in [2.24, 2.45) is 5.41 Å². The van der Waals surface area contributed by atoms with Gasteiger partial charge in [-0.1, -0.05) is 24.8 Å². The maximum atomic E-state index is 13.2. The molecule has 0 aliphatic carbocycles. The van der Waals surface area contributed by atoms with E-state index in [9.17, 15) is 27.6 Å². The molecule has 2 aliphatic rings. The number of fused-ring (bicyclic) bond motifs is 1. The van der Waals surface area contributed by atoms with Gasteiger partial charge in [0.1, 0.15) is 6.54 Å². The first kappa shape index (κ1) is 18.0. The minimum Gasteiger partial charge on any atom is -0.481 e. The van der Waals surface area contributed by atoms with Crippen molar-refractivity contribution in [1.82, 2.24) is 9.80 Å². The molecule has 0 radical (unpaired) electrons. The Morgan fingerprint density at radius 2 is 1.85 bits per heavy atom. The van der Waals surface area contributed by atoms with Crippen LogP contribution < -0.4 is 0 Å². The Morgan fingerprint density at radius 3 is 2.35 bits per heavy atom. The van der Waals surface area contributed by atoms with E-state index in [0.29, 0.717) is 16.8 Å². The minimum absolute atomic E-state index is 0.290. The van der Waals surface area contributed by atoms with E-state index in [0.717, 1.165) is 9.80 Å². The van der Waals surface area contributed by atoms with Crippen LogP contribution in [0.5, 0.6) is 0 Å². The van der Waals surface area contributed by atoms with E-state index in [1.54, 1.807) is 24.3 Å². The van der Waals surface area contributed by atoms with Crippen molar-refractivity contribution in [3.05, 3.63) is 42.0 Å². The molecule has 2 heterocycles. The molecular formula is C17H15F3N2O4. The number of likely N-dealkylation sites (tertiary alicyclic amines) is 1. The molecule has 1 aromatic rings. The maximum absolute atomic E-state index is 13.2. The lowest BCUT2D eigenvalue weighted by atomic mass is 9.86. The molecule has 1 unspecified atom stereocenters. The summed E-state index contributed by atoms with van der Waals surface area (Å²) in [5.41, 5.74) is -1.76. The molecule has 2 amide bonds. The third-order valence-corrected chi connectivity index (χ3v) is 4.91. The van der Waals surface area contributed by atoms with E-state index in [1.165, 1.54) is 0 Å². The Hall–Kier alpha value is -2.84. The molecule has 0 spiro atoms. The summed E-state index contributed by atoms with van der Waals surface area (Å²) in [5, 5.41) is 9.05. The molecule has 26 heavy (non-hydrogen) atoms. The van der Waals surface area contributed by atoms with Crippen molar-refractivity contribution < 1.29 is 32.7 Å². The monoisotopic (exact) mass is 368 g/mol. The number of halogens is 3. The molecule has 138 valence electrons. The number of carbonyl (C=O) groups is 3. The van der Waals surface area contributed by atoms with Crippen molar-refractivity contribution >= 4 is 23.5 Å². The average molecular weight is 368 g/mol. The Morgan fingerprint density at radius 1 is 1.23 bits per heavy atom. The van der Waals surface area contributed by atoms with Gasteiger partial charge in [0.15, 0.2) is 5.41 Å². The largest absolute Gasteiger partial charge is 0.481 e. The highest BCUT2D eigenvalue weighted by molar-refractivity contribution is 6.10. The van der Waals surface area contributed by atoms with Gasteiger partial charge in [-0.05, 0) is 12.5 Å². The van der Waals surface area contributed by atoms with Gasteiger partial charge in [-0.25, -0.2) is 0 Å². The lowest BCUT2D eigenvalue weighted by Crippen LogP contribution is -2.48. The summed E-state index contributed by atoms with van der Waals surface area (Å²) in [4.78, 5) is 37.9. The number of rotatable bonds is 3. The first-order valence-electron chi connectivity index (χ1n) is 7.76. The van der Waals surface area contributed by atoms with Crippen molar-refractivity contribution in [2.45, 2.75) is 12.6 Å². The van der Waals surface area contributed by atoms with Crippen LogP contribution in [0.4, 0.5) is 13.2 Å². The number of benzene rings is 1. The predicted molar refractivity (Wildman–Crippen MR) is 83.8 cm³/mol. The summed E-state index contributed by atoms with van der Waals surface area (Å²) < 4.78 is 39.6. The highest BCUT2D eigenvalue weighted by Gasteiger charge is 2.64. The molecule has 1 aromatic carbocycles. The summed E-state index contributed by atoms with van der Waals surface area (Å²) >= 11 is 0.